The molecule has 3 N–H and O–H groups in total. The molecule has 1 rings (SSSR count). The monoisotopic (exact) mass is 535 g/mol. The number of hydrogen-bond acceptors (Lipinski definition) is 7. The van der Waals surface area contributed by atoms with Gasteiger partial charge < -0.3 is 30.1 Å². The number of carbonyl (C=O) groups excluding carboxylic acids is 4. The molecule has 38 heavy (non-hydrogen) atoms. The third kappa shape index (κ3) is 11.5. The van der Waals surface area contributed by atoms with Gasteiger partial charge in [0.25, 0.3) is 0 Å². The molecule has 0 radical (unpaired) electrons. The van der Waals surface area contributed by atoms with Crippen molar-refractivity contribution in [2.75, 3.05) is 26.3 Å². The molecule has 0 fully saturated rings. The highest BCUT2D eigenvalue weighted by Crippen LogP contribution is 2.25. The average molecular weight is 536 g/mol. The number of benzene rings is 1. The minimum absolute atomic E-state index is 0.0115. The fourth-order valence-electron chi connectivity index (χ4n) is 3.99. The molecule has 0 saturated heterocycles. The number of carbonyl (C=O) groups is 4. The molecule has 0 saturated carbocycles. The molecule has 214 valence electrons. The fourth-order valence-corrected chi connectivity index (χ4v) is 3.99. The van der Waals surface area contributed by atoms with Gasteiger partial charge in [-0.15, -0.1) is 0 Å². The normalized spacial score (nSPS) is 12.7. The van der Waals surface area contributed by atoms with Gasteiger partial charge in [0.05, 0.1) is 19.6 Å². The molecule has 3 amide bonds. The van der Waals surface area contributed by atoms with E-state index < -0.39 is 48.2 Å². The smallest absolute Gasteiger partial charge is 0.408 e. The maximum atomic E-state index is 13.8. The lowest BCUT2D eigenvalue weighted by Gasteiger charge is -2.34. The van der Waals surface area contributed by atoms with Crippen LogP contribution in [0.2, 0.25) is 0 Å². The summed E-state index contributed by atoms with van der Waals surface area (Å²) in [5.74, 6) is -1.52. The van der Waals surface area contributed by atoms with E-state index in [0.29, 0.717) is 12.0 Å². The number of amides is 3. The Kier molecular flexibility index (Phi) is 13.8. The van der Waals surface area contributed by atoms with E-state index in [1.165, 1.54) is 4.90 Å². The van der Waals surface area contributed by atoms with E-state index in [2.05, 4.69) is 10.6 Å². The van der Waals surface area contributed by atoms with Crippen molar-refractivity contribution in [1.29, 1.82) is 0 Å². The van der Waals surface area contributed by atoms with E-state index >= 15 is 0 Å². The van der Waals surface area contributed by atoms with Crippen LogP contribution in [0.5, 0.6) is 0 Å². The zero-order valence-corrected chi connectivity index (χ0v) is 23.9. The SMILES string of the molecule is CCCCCN(C(=O)C(CO)NC(=O)OC(C)(C)C)C(C(=O)NCCC(=O)OCC)c1cc(C)cc(C)c1. The Morgan fingerprint density at radius 1 is 1.03 bits per heavy atom. The number of nitrogens with one attached hydrogen (secondary N) is 2. The predicted octanol–water partition coefficient (Wildman–Crippen LogP) is 3.32. The molecule has 10 nitrogen and oxygen atoms in total. The van der Waals surface area contributed by atoms with Crippen LogP contribution in [-0.4, -0.2) is 71.8 Å². The van der Waals surface area contributed by atoms with E-state index in [9.17, 15) is 24.3 Å². The van der Waals surface area contributed by atoms with E-state index in [-0.39, 0.29) is 26.1 Å². The topological polar surface area (TPSA) is 134 Å². The van der Waals surface area contributed by atoms with E-state index in [1.807, 2.05) is 39.0 Å². The van der Waals surface area contributed by atoms with Crippen LogP contribution in [0.4, 0.5) is 4.79 Å². The van der Waals surface area contributed by atoms with Crippen LogP contribution in [0, 0.1) is 13.8 Å². The summed E-state index contributed by atoms with van der Waals surface area (Å²) in [6, 6.07) is 3.26. The first-order valence-corrected chi connectivity index (χ1v) is 13.2. The highest BCUT2D eigenvalue weighted by molar-refractivity contribution is 5.92. The van der Waals surface area contributed by atoms with Gasteiger partial charge in [0.1, 0.15) is 17.7 Å². The van der Waals surface area contributed by atoms with Crippen LogP contribution in [0.15, 0.2) is 18.2 Å². The van der Waals surface area contributed by atoms with Gasteiger partial charge in [-0.05, 0) is 53.5 Å². The second-order valence-corrected chi connectivity index (χ2v) is 10.3. The van der Waals surface area contributed by atoms with Gasteiger partial charge in [-0.3, -0.25) is 14.4 Å². The second-order valence-electron chi connectivity index (χ2n) is 10.3. The standard InChI is InChI=1S/C28H45N3O7/c1-8-10-11-14-31(26(35)22(18-32)30-27(36)38-28(5,6)7)24(21-16-19(3)15-20(4)17-21)25(34)29-13-12-23(33)37-9-2/h15-17,22,24,32H,8-14,18H2,1-7H3,(H,29,34)(H,30,36). The molecule has 10 heteroatoms. The minimum Gasteiger partial charge on any atom is -0.466 e. The number of esters is 1. The Bertz CT molecular complexity index is 923. The average Bonchev–Trinajstić information content (AvgIpc) is 2.80. The van der Waals surface area contributed by atoms with Crippen LogP contribution >= 0.6 is 0 Å². The lowest BCUT2D eigenvalue weighted by atomic mass is 9.98. The molecule has 1 aromatic rings. The number of alkyl carbamates (subject to hydrolysis) is 1. The first-order valence-electron chi connectivity index (χ1n) is 13.2. The van der Waals surface area contributed by atoms with Crippen molar-refractivity contribution >= 4 is 23.9 Å². The quantitative estimate of drug-likeness (QED) is 0.246. The molecule has 0 aromatic heterocycles. The van der Waals surface area contributed by atoms with Gasteiger partial charge in [-0.1, -0.05) is 49.1 Å². The molecule has 0 spiro atoms. The number of nitrogens with zero attached hydrogens (tertiary/aromatic N) is 1. The summed E-state index contributed by atoms with van der Waals surface area (Å²) >= 11 is 0. The van der Waals surface area contributed by atoms with Crippen molar-refractivity contribution < 1.29 is 33.8 Å². The largest absolute Gasteiger partial charge is 0.466 e. The molecule has 0 heterocycles. The fraction of sp³-hybridized carbons (Fsp3) is 0.643. The minimum atomic E-state index is -1.31. The van der Waals surface area contributed by atoms with Crippen molar-refractivity contribution in [3.8, 4) is 0 Å². The van der Waals surface area contributed by atoms with Crippen molar-refractivity contribution in [2.45, 2.75) is 91.8 Å². The van der Waals surface area contributed by atoms with E-state index in [0.717, 1.165) is 24.0 Å². The van der Waals surface area contributed by atoms with E-state index in [1.54, 1.807) is 27.7 Å². The lowest BCUT2D eigenvalue weighted by Crippen LogP contribution is -2.54. The number of unbranched alkanes of at least 4 members (excludes halogenated alkanes) is 2. The Morgan fingerprint density at radius 3 is 2.18 bits per heavy atom. The van der Waals surface area contributed by atoms with Crippen molar-refractivity contribution in [1.82, 2.24) is 15.5 Å². The number of rotatable bonds is 14. The number of ether oxygens (including phenoxy) is 2. The zero-order valence-electron chi connectivity index (χ0n) is 23.9. The molecule has 2 unspecified atom stereocenters. The van der Waals surface area contributed by atoms with Gasteiger partial charge in [-0.2, -0.15) is 0 Å². The Balaban J connectivity index is 3.39. The van der Waals surface area contributed by atoms with Crippen molar-refractivity contribution in [3.63, 3.8) is 0 Å². The summed E-state index contributed by atoms with van der Waals surface area (Å²) in [6.07, 6.45) is 1.46. The van der Waals surface area contributed by atoms with E-state index in [4.69, 9.17) is 9.47 Å². The summed E-state index contributed by atoms with van der Waals surface area (Å²) < 4.78 is 10.2. The molecule has 1 aromatic carbocycles. The Hall–Kier alpha value is -3.14. The molecule has 2 atom stereocenters. The van der Waals surface area contributed by atoms with Gasteiger partial charge in [-0.25, -0.2) is 4.79 Å². The van der Waals surface area contributed by atoms with Gasteiger partial charge >= 0.3 is 12.1 Å². The summed E-state index contributed by atoms with van der Waals surface area (Å²) in [5.41, 5.74) is 1.62. The summed E-state index contributed by atoms with van der Waals surface area (Å²) in [4.78, 5) is 52.9. The highest BCUT2D eigenvalue weighted by Gasteiger charge is 2.36. The Morgan fingerprint density at radius 2 is 1.66 bits per heavy atom. The third-order valence-electron chi connectivity index (χ3n) is 5.51. The van der Waals surface area contributed by atoms with Crippen LogP contribution in [0.3, 0.4) is 0 Å². The summed E-state index contributed by atoms with van der Waals surface area (Å²) in [6.45, 7) is 12.4. The van der Waals surface area contributed by atoms with Crippen LogP contribution in [0.1, 0.15) is 83.0 Å². The summed E-state index contributed by atoms with van der Waals surface area (Å²) in [7, 11) is 0. The van der Waals surface area contributed by atoms with Gasteiger partial charge in [0, 0.05) is 13.1 Å². The molecule has 0 aliphatic rings. The second kappa shape index (κ2) is 16.0. The molecular formula is C28H45N3O7. The number of aliphatic hydroxyl groups is 1. The molecule has 0 aliphatic carbocycles. The van der Waals surface area contributed by atoms with Crippen LogP contribution < -0.4 is 10.6 Å². The molecular weight excluding hydrogens is 490 g/mol. The number of hydrogen-bond donors (Lipinski definition) is 3. The lowest BCUT2D eigenvalue weighted by molar-refractivity contribution is -0.144. The first-order chi connectivity index (χ1) is 17.8. The first kappa shape index (κ1) is 32.9. The van der Waals surface area contributed by atoms with Crippen molar-refractivity contribution in [2.24, 2.45) is 0 Å². The third-order valence-corrected chi connectivity index (χ3v) is 5.51. The maximum Gasteiger partial charge on any atom is 0.408 e. The Labute approximate surface area is 226 Å². The highest BCUT2D eigenvalue weighted by atomic mass is 16.6. The van der Waals surface area contributed by atoms with Gasteiger partial charge in [0.15, 0.2) is 0 Å². The van der Waals surface area contributed by atoms with Crippen LogP contribution in [0.25, 0.3) is 0 Å². The summed E-state index contributed by atoms with van der Waals surface area (Å²) in [5, 5.41) is 15.2. The number of aliphatic hydroxyl groups excluding tert-OH is 1. The molecule has 0 aliphatic heterocycles. The predicted molar refractivity (Wildman–Crippen MR) is 144 cm³/mol. The maximum absolute atomic E-state index is 13.8. The van der Waals surface area contributed by atoms with Crippen molar-refractivity contribution in [3.05, 3.63) is 34.9 Å². The van der Waals surface area contributed by atoms with Crippen LogP contribution in [-0.2, 0) is 23.9 Å². The molecule has 0 bridgehead atoms. The van der Waals surface area contributed by atoms with Gasteiger partial charge in [0.2, 0.25) is 11.8 Å². The zero-order chi connectivity index (χ0) is 28.9. The number of aryl methyl sites for hydroxylation is 2.